The largest absolute Gasteiger partial charge is 0.380 e. The van der Waals surface area contributed by atoms with Crippen molar-refractivity contribution in [1.82, 2.24) is 9.78 Å². The zero-order chi connectivity index (χ0) is 13.1. The molecule has 0 spiro atoms. The average molecular weight is 332 g/mol. The zero-order valence-electron chi connectivity index (χ0n) is 10.6. The van der Waals surface area contributed by atoms with Gasteiger partial charge in [-0.25, -0.2) is 4.68 Å². The van der Waals surface area contributed by atoms with Crippen molar-refractivity contribution in [2.24, 2.45) is 7.05 Å². The van der Waals surface area contributed by atoms with Crippen molar-refractivity contribution >= 4 is 33.4 Å². The minimum Gasteiger partial charge on any atom is -0.380 e. The monoisotopic (exact) mass is 331 g/mol. The SMILES string of the molecule is CCSC1CCC(Nc2cnn(C)c(=O)c2Br)C1. The van der Waals surface area contributed by atoms with E-state index in [9.17, 15) is 4.79 Å². The van der Waals surface area contributed by atoms with E-state index in [1.807, 2.05) is 11.8 Å². The molecule has 1 aliphatic carbocycles. The van der Waals surface area contributed by atoms with Crippen molar-refractivity contribution < 1.29 is 0 Å². The summed E-state index contributed by atoms with van der Waals surface area (Å²) in [5.41, 5.74) is 0.711. The van der Waals surface area contributed by atoms with Crippen molar-refractivity contribution in [2.45, 2.75) is 37.5 Å². The molecular formula is C12H18BrN3OS. The van der Waals surface area contributed by atoms with Crippen LogP contribution in [0.4, 0.5) is 5.69 Å². The molecule has 100 valence electrons. The molecule has 0 aromatic carbocycles. The Labute approximate surface area is 120 Å². The summed E-state index contributed by atoms with van der Waals surface area (Å²) in [4.78, 5) is 11.7. The second kappa shape index (κ2) is 6.10. The predicted molar refractivity (Wildman–Crippen MR) is 80.4 cm³/mol. The molecule has 1 aliphatic rings. The van der Waals surface area contributed by atoms with Crippen LogP contribution < -0.4 is 10.9 Å². The van der Waals surface area contributed by atoms with Crippen molar-refractivity contribution in [3.63, 3.8) is 0 Å². The lowest BCUT2D eigenvalue weighted by Gasteiger charge is -2.15. The Morgan fingerprint density at radius 1 is 1.61 bits per heavy atom. The summed E-state index contributed by atoms with van der Waals surface area (Å²) in [6.45, 7) is 2.20. The molecule has 1 aromatic heterocycles. The van der Waals surface area contributed by atoms with E-state index < -0.39 is 0 Å². The van der Waals surface area contributed by atoms with Gasteiger partial charge in [0.25, 0.3) is 5.56 Å². The van der Waals surface area contributed by atoms with Gasteiger partial charge in [0.2, 0.25) is 0 Å². The van der Waals surface area contributed by atoms with Crippen molar-refractivity contribution in [3.8, 4) is 0 Å². The molecule has 1 fully saturated rings. The van der Waals surface area contributed by atoms with Crippen LogP contribution in [0.1, 0.15) is 26.2 Å². The van der Waals surface area contributed by atoms with Gasteiger partial charge >= 0.3 is 0 Å². The van der Waals surface area contributed by atoms with Gasteiger partial charge in [-0.15, -0.1) is 0 Å². The number of nitrogens with zero attached hydrogens (tertiary/aromatic N) is 2. The number of nitrogens with one attached hydrogen (secondary N) is 1. The maximum atomic E-state index is 11.7. The summed E-state index contributed by atoms with van der Waals surface area (Å²) in [6, 6.07) is 0.458. The van der Waals surface area contributed by atoms with Crippen LogP contribution in [0, 0.1) is 0 Å². The molecule has 2 atom stereocenters. The highest BCUT2D eigenvalue weighted by Crippen LogP contribution is 2.32. The molecule has 2 rings (SSSR count). The van der Waals surface area contributed by atoms with Gasteiger partial charge in [-0.05, 0) is 40.9 Å². The van der Waals surface area contributed by atoms with E-state index in [0.717, 1.165) is 10.9 Å². The normalized spacial score (nSPS) is 23.3. The van der Waals surface area contributed by atoms with Crippen molar-refractivity contribution in [2.75, 3.05) is 11.1 Å². The highest BCUT2D eigenvalue weighted by Gasteiger charge is 2.25. The Morgan fingerprint density at radius 2 is 2.39 bits per heavy atom. The molecule has 1 heterocycles. The number of hydrogen-bond acceptors (Lipinski definition) is 4. The van der Waals surface area contributed by atoms with E-state index in [1.54, 1.807) is 13.2 Å². The number of rotatable bonds is 4. The first-order valence-electron chi connectivity index (χ1n) is 6.21. The lowest BCUT2D eigenvalue weighted by molar-refractivity contribution is 0.696. The van der Waals surface area contributed by atoms with Gasteiger partial charge in [0.1, 0.15) is 4.47 Å². The number of aryl methyl sites for hydroxylation is 1. The molecule has 0 saturated heterocycles. The summed E-state index contributed by atoms with van der Waals surface area (Å²) < 4.78 is 1.91. The molecule has 2 unspecified atom stereocenters. The third-order valence-electron chi connectivity index (χ3n) is 3.22. The molecule has 1 saturated carbocycles. The van der Waals surface area contributed by atoms with E-state index >= 15 is 0 Å². The third kappa shape index (κ3) is 3.09. The molecular weight excluding hydrogens is 314 g/mol. The van der Waals surface area contributed by atoms with Crippen LogP contribution in [0.15, 0.2) is 15.5 Å². The molecule has 1 N–H and O–H groups in total. The quantitative estimate of drug-likeness (QED) is 0.921. The smallest absolute Gasteiger partial charge is 0.282 e. The van der Waals surface area contributed by atoms with Gasteiger partial charge in [0.05, 0.1) is 11.9 Å². The first-order chi connectivity index (χ1) is 8.61. The Morgan fingerprint density at radius 3 is 3.11 bits per heavy atom. The Bertz CT molecular complexity index is 477. The summed E-state index contributed by atoms with van der Waals surface area (Å²) in [5.74, 6) is 1.18. The fraction of sp³-hybridized carbons (Fsp3) is 0.667. The fourth-order valence-corrected chi connectivity index (χ4v) is 3.91. The van der Waals surface area contributed by atoms with Crippen LogP contribution >= 0.6 is 27.7 Å². The lowest BCUT2D eigenvalue weighted by atomic mass is 10.2. The average Bonchev–Trinajstić information content (AvgIpc) is 2.78. The Balaban J connectivity index is 2.03. The summed E-state index contributed by atoms with van der Waals surface area (Å²) >= 11 is 5.37. The van der Waals surface area contributed by atoms with Crippen molar-refractivity contribution in [1.29, 1.82) is 0 Å². The number of aromatic nitrogens is 2. The maximum absolute atomic E-state index is 11.7. The minimum absolute atomic E-state index is 0.0996. The predicted octanol–water partition coefficient (Wildman–Crippen LogP) is 2.63. The van der Waals surface area contributed by atoms with Gasteiger partial charge in [-0.1, -0.05) is 6.92 Å². The highest BCUT2D eigenvalue weighted by molar-refractivity contribution is 9.10. The van der Waals surface area contributed by atoms with Crippen LogP contribution in [0.2, 0.25) is 0 Å². The van der Waals surface area contributed by atoms with Crippen molar-refractivity contribution in [3.05, 3.63) is 21.0 Å². The molecule has 6 heteroatoms. The third-order valence-corrected chi connectivity index (χ3v) is 5.22. The summed E-state index contributed by atoms with van der Waals surface area (Å²) in [7, 11) is 1.65. The van der Waals surface area contributed by atoms with Crippen LogP contribution in [-0.4, -0.2) is 26.8 Å². The Kier molecular flexibility index (Phi) is 4.72. The van der Waals surface area contributed by atoms with Crippen LogP contribution in [0.25, 0.3) is 0 Å². The standard InChI is InChI=1S/C12H18BrN3OS/c1-3-18-9-5-4-8(6-9)15-10-7-14-16(2)12(17)11(10)13/h7-9,15H,3-6H2,1-2H3. The molecule has 0 radical (unpaired) electrons. The molecule has 0 amide bonds. The maximum Gasteiger partial charge on any atom is 0.282 e. The van der Waals surface area contributed by atoms with E-state index in [1.165, 1.54) is 29.7 Å². The zero-order valence-corrected chi connectivity index (χ0v) is 13.1. The van der Waals surface area contributed by atoms with Crippen LogP contribution in [-0.2, 0) is 7.05 Å². The minimum atomic E-state index is -0.0996. The first-order valence-corrected chi connectivity index (χ1v) is 8.06. The van der Waals surface area contributed by atoms with Gasteiger partial charge in [-0.2, -0.15) is 16.9 Å². The number of anilines is 1. The molecule has 0 aliphatic heterocycles. The summed E-state index contributed by atoms with van der Waals surface area (Å²) in [5, 5.41) is 8.23. The Hall–Kier alpha value is -0.490. The number of halogens is 1. The van der Waals surface area contributed by atoms with E-state index in [-0.39, 0.29) is 5.56 Å². The summed E-state index contributed by atoms with van der Waals surface area (Å²) in [6.07, 6.45) is 5.30. The molecule has 4 nitrogen and oxygen atoms in total. The van der Waals surface area contributed by atoms with E-state index in [2.05, 4.69) is 33.3 Å². The van der Waals surface area contributed by atoms with Gasteiger partial charge in [0, 0.05) is 18.3 Å². The lowest BCUT2D eigenvalue weighted by Crippen LogP contribution is -2.24. The first kappa shape index (κ1) is 13.9. The second-order valence-corrected chi connectivity index (χ2v) is 6.90. The molecule has 1 aromatic rings. The molecule has 18 heavy (non-hydrogen) atoms. The topological polar surface area (TPSA) is 46.9 Å². The number of hydrogen-bond donors (Lipinski definition) is 1. The van der Waals surface area contributed by atoms with Crippen LogP contribution in [0.5, 0.6) is 0 Å². The van der Waals surface area contributed by atoms with E-state index in [4.69, 9.17) is 0 Å². The number of thioether (sulfide) groups is 1. The second-order valence-electron chi connectivity index (χ2n) is 4.53. The van der Waals surface area contributed by atoms with Gasteiger partial charge in [0.15, 0.2) is 0 Å². The van der Waals surface area contributed by atoms with Gasteiger partial charge in [-0.3, -0.25) is 4.79 Å². The molecule has 0 bridgehead atoms. The fourth-order valence-electron chi connectivity index (χ4n) is 2.29. The van der Waals surface area contributed by atoms with Crippen LogP contribution in [0.3, 0.4) is 0 Å². The highest BCUT2D eigenvalue weighted by atomic mass is 79.9. The van der Waals surface area contributed by atoms with Gasteiger partial charge < -0.3 is 5.32 Å². The van der Waals surface area contributed by atoms with E-state index in [0.29, 0.717) is 10.5 Å².